The molecule has 0 aliphatic carbocycles. The molecule has 0 unspecified atom stereocenters. The van der Waals surface area contributed by atoms with Crippen molar-refractivity contribution >= 4 is 16.5 Å². The lowest BCUT2D eigenvalue weighted by molar-refractivity contribution is 0.746. The number of fused-ring (bicyclic) bond motifs is 1. The summed E-state index contributed by atoms with van der Waals surface area (Å²) < 4.78 is 1.86. The molecule has 1 aromatic carbocycles. The van der Waals surface area contributed by atoms with Crippen LogP contribution in [0.1, 0.15) is 18.2 Å². The van der Waals surface area contributed by atoms with Gasteiger partial charge in [0.15, 0.2) is 0 Å². The van der Waals surface area contributed by atoms with Crippen LogP contribution in [0.2, 0.25) is 0 Å². The lowest BCUT2D eigenvalue weighted by atomic mass is 10.1. The molecular formula is C16H18N4. The molecule has 2 aromatic heterocycles. The van der Waals surface area contributed by atoms with E-state index in [4.69, 9.17) is 0 Å². The third kappa shape index (κ3) is 2.37. The molecule has 0 saturated carbocycles. The number of pyridine rings is 1. The van der Waals surface area contributed by atoms with Gasteiger partial charge in [0.05, 0.1) is 11.4 Å². The molecule has 0 spiro atoms. The zero-order chi connectivity index (χ0) is 13.9. The van der Waals surface area contributed by atoms with E-state index in [1.54, 1.807) is 0 Å². The molecule has 0 atom stereocenters. The van der Waals surface area contributed by atoms with E-state index in [0.29, 0.717) is 0 Å². The Morgan fingerprint density at radius 1 is 1.25 bits per heavy atom. The standard InChI is InChI=1S/C16H18N4/c1-3-15-16(11-20(2)19-15)18-10-13-6-4-5-12-9-17-8-7-14(12)13/h4-9,11,18H,3,10H2,1-2H3. The first kappa shape index (κ1) is 12.7. The molecule has 0 fully saturated rings. The van der Waals surface area contributed by atoms with Crippen LogP contribution in [0.3, 0.4) is 0 Å². The zero-order valence-electron chi connectivity index (χ0n) is 11.8. The highest BCUT2D eigenvalue weighted by molar-refractivity contribution is 5.84. The van der Waals surface area contributed by atoms with Gasteiger partial charge < -0.3 is 5.32 Å². The highest BCUT2D eigenvalue weighted by atomic mass is 15.3. The Bertz CT molecular complexity index is 725. The molecule has 4 heteroatoms. The summed E-state index contributed by atoms with van der Waals surface area (Å²) in [6.07, 6.45) is 6.71. The van der Waals surface area contributed by atoms with Crippen molar-refractivity contribution in [3.63, 3.8) is 0 Å². The van der Waals surface area contributed by atoms with Crippen LogP contribution >= 0.6 is 0 Å². The van der Waals surface area contributed by atoms with Crippen LogP contribution in [0.5, 0.6) is 0 Å². The number of hydrogen-bond acceptors (Lipinski definition) is 3. The summed E-state index contributed by atoms with van der Waals surface area (Å²) in [5.74, 6) is 0. The van der Waals surface area contributed by atoms with E-state index in [1.165, 1.54) is 16.3 Å². The highest BCUT2D eigenvalue weighted by Crippen LogP contribution is 2.20. The van der Waals surface area contributed by atoms with E-state index in [1.807, 2.05) is 30.3 Å². The van der Waals surface area contributed by atoms with E-state index in [9.17, 15) is 0 Å². The first-order valence-electron chi connectivity index (χ1n) is 6.86. The Morgan fingerprint density at radius 2 is 2.15 bits per heavy atom. The average molecular weight is 266 g/mol. The Balaban J connectivity index is 1.86. The molecule has 1 N–H and O–H groups in total. The number of aryl methyl sites for hydroxylation is 2. The largest absolute Gasteiger partial charge is 0.378 e. The monoisotopic (exact) mass is 266 g/mol. The highest BCUT2D eigenvalue weighted by Gasteiger charge is 2.06. The van der Waals surface area contributed by atoms with Gasteiger partial charge in [-0.05, 0) is 23.4 Å². The molecule has 0 saturated heterocycles. The number of anilines is 1. The van der Waals surface area contributed by atoms with Gasteiger partial charge in [0.25, 0.3) is 0 Å². The van der Waals surface area contributed by atoms with Crippen LogP contribution in [0.4, 0.5) is 5.69 Å². The van der Waals surface area contributed by atoms with Crippen LogP contribution < -0.4 is 5.32 Å². The second kappa shape index (κ2) is 5.33. The lowest BCUT2D eigenvalue weighted by Crippen LogP contribution is -2.01. The minimum Gasteiger partial charge on any atom is -0.378 e. The molecule has 3 aromatic rings. The van der Waals surface area contributed by atoms with Crippen molar-refractivity contribution in [1.82, 2.24) is 14.8 Å². The molecule has 3 rings (SSSR count). The molecule has 0 radical (unpaired) electrons. The molecule has 0 amide bonds. The third-order valence-corrected chi connectivity index (χ3v) is 3.48. The molecule has 2 heterocycles. The number of nitrogens with zero attached hydrogens (tertiary/aromatic N) is 3. The topological polar surface area (TPSA) is 42.7 Å². The predicted octanol–water partition coefficient (Wildman–Crippen LogP) is 3.14. The van der Waals surface area contributed by atoms with Gasteiger partial charge in [-0.15, -0.1) is 0 Å². The first-order chi connectivity index (χ1) is 9.78. The maximum atomic E-state index is 4.45. The second-order valence-corrected chi connectivity index (χ2v) is 4.88. The summed E-state index contributed by atoms with van der Waals surface area (Å²) in [5.41, 5.74) is 3.49. The van der Waals surface area contributed by atoms with Gasteiger partial charge in [0, 0.05) is 37.6 Å². The predicted molar refractivity (Wildman–Crippen MR) is 81.7 cm³/mol. The SMILES string of the molecule is CCc1nn(C)cc1NCc1cccc2cnccc12. The van der Waals surface area contributed by atoms with Gasteiger partial charge >= 0.3 is 0 Å². The van der Waals surface area contributed by atoms with E-state index >= 15 is 0 Å². The Morgan fingerprint density at radius 3 is 3.00 bits per heavy atom. The fourth-order valence-electron chi connectivity index (χ4n) is 2.48. The number of rotatable bonds is 4. The van der Waals surface area contributed by atoms with Crippen molar-refractivity contribution in [1.29, 1.82) is 0 Å². The molecule has 102 valence electrons. The Labute approximate surface area is 118 Å². The van der Waals surface area contributed by atoms with Crippen molar-refractivity contribution in [2.24, 2.45) is 7.05 Å². The summed E-state index contributed by atoms with van der Waals surface area (Å²) in [6.45, 7) is 2.91. The Hall–Kier alpha value is -2.36. The summed E-state index contributed by atoms with van der Waals surface area (Å²) in [5, 5.41) is 10.4. The van der Waals surface area contributed by atoms with Gasteiger partial charge in [-0.25, -0.2) is 0 Å². The third-order valence-electron chi connectivity index (χ3n) is 3.48. The van der Waals surface area contributed by atoms with Gasteiger partial charge in [-0.3, -0.25) is 9.67 Å². The van der Waals surface area contributed by atoms with Gasteiger partial charge in [0.2, 0.25) is 0 Å². The van der Waals surface area contributed by atoms with E-state index in [2.05, 4.69) is 46.6 Å². The quantitative estimate of drug-likeness (QED) is 0.789. The van der Waals surface area contributed by atoms with Crippen LogP contribution in [-0.4, -0.2) is 14.8 Å². The Kier molecular flexibility index (Phi) is 3.37. The second-order valence-electron chi connectivity index (χ2n) is 4.88. The van der Waals surface area contributed by atoms with Crippen molar-refractivity contribution < 1.29 is 0 Å². The summed E-state index contributed by atoms with van der Waals surface area (Å²) in [7, 11) is 1.95. The van der Waals surface area contributed by atoms with Crippen LogP contribution in [0, 0.1) is 0 Å². The van der Waals surface area contributed by atoms with Crippen LogP contribution in [0.25, 0.3) is 10.8 Å². The summed E-state index contributed by atoms with van der Waals surface area (Å²) in [4.78, 5) is 4.17. The van der Waals surface area contributed by atoms with E-state index in [0.717, 1.165) is 24.3 Å². The van der Waals surface area contributed by atoms with Gasteiger partial charge in [-0.1, -0.05) is 25.1 Å². The minimum absolute atomic E-state index is 0.792. The summed E-state index contributed by atoms with van der Waals surface area (Å²) >= 11 is 0. The lowest BCUT2D eigenvalue weighted by Gasteiger charge is -2.08. The number of aromatic nitrogens is 3. The maximum absolute atomic E-state index is 4.45. The zero-order valence-corrected chi connectivity index (χ0v) is 11.8. The van der Waals surface area contributed by atoms with Crippen molar-refractivity contribution in [3.8, 4) is 0 Å². The molecule has 0 aliphatic heterocycles. The smallest absolute Gasteiger partial charge is 0.0853 e. The first-order valence-corrected chi connectivity index (χ1v) is 6.86. The van der Waals surface area contributed by atoms with E-state index in [-0.39, 0.29) is 0 Å². The molecule has 4 nitrogen and oxygen atoms in total. The van der Waals surface area contributed by atoms with Crippen molar-refractivity contribution in [2.75, 3.05) is 5.32 Å². The number of nitrogens with one attached hydrogen (secondary N) is 1. The fraction of sp³-hybridized carbons (Fsp3) is 0.250. The van der Waals surface area contributed by atoms with Crippen LogP contribution in [-0.2, 0) is 20.0 Å². The average Bonchev–Trinajstić information content (AvgIpc) is 2.85. The minimum atomic E-state index is 0.792. The molecule has 0 bridgehead atoms. The normalized spacial score (nSPS) is 10.9. The van der Waals surface area contributed by atoms with Gasteiger partial charge in [0.1, 0.15) is 0 Å². The molecule has 0 aliphatic rings. The number of benzene rings is 1. The van der Waals surface area contributed by atoms with Crippen molar-refractivity contribution in [3.05, 3.63) is 54.1 Å². The van der Waals surface area contributed by atoms with Crippen LogP contribution in [0.15, 0.2) is 42.9 Å². The molecule has 20 heavy (non-hydrogen) atoms. The summed E-state index contributed by atoms with van der Waals surface area (Å²) in [6, 6.07) is 8.38. The van der Waals surface area contributed by atoms with Gasteiger partial charge in [-0.2, -0.15) is 5.10 Å². The molecular weight excluding hydrogens is 248 g/mol. The number of hydrogen-bond donors (Lipinski definition) is 1. The van der Waals surface area contributed by atoms with Crippen molar-refractivity contribution in [2.45, 2.75) is 19.9 Å². The maximum Gasteiger partial charge on any atom is 0.0853 e. The van der Waals surface area contributed by atoms with E-state index < -0.39 is 0 Å². The fourth-order valence-corrected chi connectivity index (χ4v) is 2.48.